The molecule has 1 nitrogen and oxygen atoms in total. The van der Waals surface area contributed by atoms with Crippen LogP contribution in [0.3, 0.4) is 0 Å². The van der Waals surface area contributed by atoms with Gasteiger partial charge >= 0.3 is 0 Å². The van der Waals surface area contributed by atoms with Crippen molar-refractivity contribution in [2.24, 2.45) is 5.73 Å². The molecule has 1 unspecified atom stereocenters. The lowest BCUT2D eigenvalue weighted by molar-refractivity contribution is 0.734. The van der Waals surface area contributed by atoms with Crippen molar-refractivity contribution < 1.29 is 0 Å². The first-order valence-corrected chi connectivity index (χ1v) is 7.39. The molecule has 1 aliphatic heterocycles. The maximum absolute atomic E-state index is 6.38. The van der Waals surface area contributed by atoms with E-state index in [1.807, 2.05) is 11.8 Å². The molecule has 0 spiro atoms. The first-order valence-electron chi connectivity index (χ1n) is 5.86. The summed E-state index contributed by atoms with van der Waals surface area (Å²) in [5.74, 6) is 3.13. The van der Waals surface area contributed by atoms with E-state index in [-0.39, 0.29) is 5.54 Å². The van der Waals surface area contributed by atoms with Crippen LogP contribution in [0.2, 0.25) is 5.02 Å². The van der Waals surface area contributed by atoms with Crippen molar-refractivity contribution in [2.75, 3.05) is 11.5 Å². The van der Waals surface area contributed by atoms with Crippen molar-refractivity contribution in [1.82, 2.24) is 0 Å². The minimum Gasteiger partial charge on any atom is -0.321 e. The van der Waals surface area contributed by atoms with Gasteiger partial charge in [-0.3, -0.25) is 0 Å². The van der Waals surface area contributed by atoms with Crippen molar-refractivity contribution in [2.45, 2.75) is 30.7 Å². The molecule has 0 amide bonds. The highest BCUT2D eigenvalue weighted by Gasteiger charge is 2.40. The summed E-state index contributed by atoms with van der Waals surface area (Å²) >= 11 is 8.40. The van der Waals surface area contributed by atoms with Crippen LogP contribution in [0.4, 0.5) is 0 Å². The Kier molecular flexibility index (Phi) is 2.69. The predicted molar refractivity (Wildman–Crippen MR) is 71.2 cm³/mol. The van der Waals surface area contributed by atoms with E-state index in [9.17, 15) is 0 Å². The summed E-state index contributed by atoms with van der Waals surface area (Å²) in [6, 6.07) is 6.46. The molecule has 3 rings (SSSR count). The highest BCUT2D eigenvalue weighted by Crippen LogP contribution is 2.45. The van der Waals surface area contributed by atoms with Crippen LogP contribution >= 0.6 is 23.4 Å². The van der Waals surface area contributed by atoms with Crippen LogP contribution in [-0.2, 0) is 5.54 Å². The summed E-state index contributed by atoms with van der Waals surface area (Å²) in [5, 5.41) is 0.918. The lowest BCUT2D eigenvalue weighted by Crippen LogP contribution is -2.18. The molecule has 1 saturated carbocycles. The molecule has 0 radical (unpaired) electrons. The highest BCUT2D eigenvalue weighted by atomic mass is 35.5. The van der Waals surface area contributed by atoms with Crippen molar-refractivity contribution in [3.63, 3.8) is 0 Å². The second-order valence-electron chi connectivity index (χ2n) is 4.95. The summed E-state index contributed by atoms with van der Waals surface area (Å²) in [7, 11) is 0. The molecule has 0 bridgehead atoms. The maximum Gasteiger partial charge on any atom is 0.0444 e. The number of benzene rings is 1. The van der Waals surface area contributed by atoms with E-state index < -0.39 is 0 Å². The number of halogens is 1. The summed E-state index contributed by atoms with van der Waals surface area (Å²) in [4.78, 5) is 0. The number of hydrogen-bond acceptors (Lipinski definition) is 2. The van der Waals surface area contributed by atoms with E-state index in [0.717, 1.165) is 17.9 Å². The summed E-state index contributed by atoms with van der Waals surface area (Å²) in [6.45, 7) is 0. The van der Waals surface area contributed by atoms with Crippen molar-refractivity contribution in [1.29, 1.82) is 0 Å². The number of rotatable bonds is 2. The summed E-state index contributed by atoms with van der Waals surface area (Å²) < 4.78 is 0. The number of nitrogens with two attached hydrogens (primary N) is 1. The van der Waals surface area contributed by atoms with Crippen molar-refractivity contribution in [3.8, 4) is 0 Å². The van der Waals surface area contributed by atoms with Gasteiger partial charge in [-0.05, 0) is 48.1 Å². The molecule has 86 valence electrons. The van der Waals surface area contributed by atoms with Crippen LogP contribution in [0.25, 0.3) is 0 Å². The van der Waals surface area contributed by atoms with Crippen LogP contribution in [0, 0.1) is 0 Å². The van der Waals surface area contributed by atoms with Crippen LogP contribution < -0.4 is 5.73 Å². The van der Waals surface area contributed by atoms with Crippen LogP contribution in [0.15, 0.2) is 18.2 Å². The smallest absolute Gasteiger partial charge is 0.0444 e. The van der Waals surface area contributed by atoms with Gasteiger partial charge in [0.05, 0.1) is 0 Å². The Bertz CT molecular complexity index is 408. The average Bonchev–Trinajstić information content (AvgIpc) is 2.82. The van der Waals surface area contributed by atoms with Gasteiger partial charge < -0.3 is 5.73 Å². The van der Waals surface area contributed by atoms with Gasteiger partial charge in [-0.1, -0.05) is 23.7 Å². The van der Waals surface area contributed by atoms with E-state index in [2.05, 4.69) is 18.2 Å². The van der Waals surface area contributed by atoms with Gasteiger partial charge in [0.2, 0.25) is 0 Å². The highest BCUT2D eigenvalue weighted by molar-refractivity contribution is 7.99. The zero-order valence-electron chi connectivity index (χ0n) is 9.21. The van der Waals surface area contributed by atoms with Crippen LogP contribution in [0.1, 0.15) is 36.3 Å². The second kappa shape index (κ2) is 3.94. The zero-order chi connectivity index (χ0) is 11.2. The number of thioether (sulfide) groups is 1. The van der Waals surface area contributed by atoms with E-state index in [0.29, 0.717) is 5.92 Å². The third-order valence-electron chi connectivity index (χ3n) is 3.73. The van der Waals surface area contributed by atoms with E-state index in [1.165, 1.54) is 29.1 Å². The molecule has 0 aromatic heterocycles. The Labute approximate surface area is 106 Å². The lowest BCUT2D eigenvalue weighted by atomic mass is 9.95. The topological polar surface area (TPSA) is 26.0 Å². The molecule has 2 N–H and O–H groups in total. The normalized spacial score (nSPS) is 27.0. The molecular formula is C13H16ClNS. The number of hydrogen-bond donors (Lipinski definition) is 1. The molecule has 2 aliphatic rings. The fourth-order valence-electron chi connectivity index (χ4n) is 2.37. The largest absolute Gasteiger partial charge is 0.321 e. The molecular weight excluding hydrogens is 238 g/mol. The van der Waals surface area contributed by atoms with Crippen molar-refractivity contribution >= 4 is 23.4 Å². The van der Waals surface area contributed by atoms with Gasteiger partial charge in [-0.25, -0.2) is 0 Å². The quantitative estimate of drug-likeness (QED) is 0.873. The monoisotopic (exact) mass is 253 g/mol. The van der Waals surface area contributed by atoms with E-state index in [4.69, 9.17) is 17.3 Å². The Morgan fingerprint density at radius 3 is 2.75 bits per heavy atom. The fraction of sp³-hybridized carbons (Fsp3) is 0.538. The first kappa shape index (κ1) is 10.9. The van der Waals surface area contributed by atoms with Gasteiger partial charge in [-0.2, -0.15) is 11.8 Å². The van der Waals surface area contributed by atoms with Gasteiger partial charge in [0, 0.05) is 16.3 Å². The molecule has 16 heavy (non-hydrogen) atoms. The third-order valence-corrected chi connectivity index (χ3v) is 5.22. The molecule has 1 saturated heterocycles. The van der Waals surface area contributed by atoms with E-state index >= 15 is 0 Å². The lowest BCUT2D eigenvalue weighted by Gasteiger charge is -2.15. The van der Waals surface area contributed by atoms with Gasteiger partial charge in [0.15, 0.2) is 0 Å². The molecule has 1 heterocycles. The maximum atomic E-state index is 6.38. The van der Waals surface area contributed by atoms with Crippen LogP contribution in [-0.4, -0.2) is 11.5 Å². The van der Waals surface area contributed by atoms with Gasteiger partial charge in [-0.15, -0.1) is 0 Å². The second-order valence-corrected chi connectivity index (χ2v) is 6.51. The standard InChI is InChI=1S/C13H16ClNS/c14-12-7-10(13(15)4-5-13)1-2-11(12)9-3-6-16-8-9/h1-2,7,9H,3-6,8,15H2. The third kappa shape index (κ3) is 1.87. The Hall–Kier alpha value is -0.180. The predicted octanol–water partition coefficient (Wildman–Crippen LogP) is 3.51. The zero-order valence-corrected chi connectivity index (χ0v) is 10.8. The molecule has 1 aromatic rings. The average molecular weight is 254 g/mol. The summed E-state index contributed by atoms with van der Waals surface area (Å²) in [6.07, 6.45) is 3.46. The summed E-state index contributed by atoms with van der Waals surface area (Å²) in [5.41, 5.74) is 8.65. The van der Waals surface area contributed by atoms with Crippen LogP contribution in [0.5, 0.6) is 0 Å². The Balaban J connectivity index is 1.90. The van der Waals surface area contributed by atoms with Gasteiger partial charge in [0.25, 0.3) is 0 Å². The molecule has 1 aromatic carbocycles. The minimum atomic E-state index is -0.0629. The molecule has 1 atom stereocenters. The fourth-order valence-corrected chi connectivity index (χ4v) is 3.95. The van der Waals surface area contributed by atoms with E-state index in [1.54, 1.807) is 0 Å². The minimum absolute atomic E-state index is 0.0629. The Morgan fingerprint density at radius 1 is 1.38 bits per heavy atom. The molecule has 1 aliphatic carbocycles. The first-order chi connectivity index (χ1) is 7.69. The molecule has 2 fully saturated rings. The molecule has 3 heteroatoms. The van der Waals surface area contributed by atoms with Crippen molar-refractivity contribution in [3.05, 3.63) is 34.3 Å². The van der Waals surface area contributed by atoms with Gasteiger partial charge in [0.1, 0.15) is 0 Å². The Morgan fingerprint density at radius 2 is 2.19 bits per heavy atom. The SMILES string of the molecule is NC1(c2ccc(C3CCSC3)c(Cl)c2)CC1.